The Hall–Kier alpha value is -2.13. The first-order valence-electron chi connectivity index (χ1n) is 6.57. The zero-order chi connectivity index (χ0) is 14.3. The van der Waals surface area contributed by atoms with Crippen molar-refractivity contribution in [2.45, 2.75) is 19.9 Å². The highest BCUT2D eigenvalue weighted by atomic mass is 19.1. The second-order valence-corrected chi connectivity index (χ2v) is 5.14. The lowest BCUT2D eigenvalue weighted by atomic mass is 10.0. The van der Waals surface area contributed by atoms with Crippen molar-refractivity contribution >= 4 is 11.0 Å². The van der Waals surface area contributed by atoms with E-state index in [-0.39, 0.29) is 5.82 Å². The summed E-state index contributed by atoms with van der Waals surface area (Å²) in [4.78, 5) is 0. The molecule has 2 N–H and O–H groups in total. The van der Waals surface area contributed by atoms with Gasteiger partial charge in [-0.3, -0.25) is 0 Å². The Morgan fingerprint density at radius 1 is 1.10 bits per heavy atom. The van der Waals surface area contributed by atoms with Crippen LogP contribution < -0.4 is 5.73 Å². The lowest BCUT2D eigenvalue weighted by Gasteiger charge is -2.11. The minimum atomic E-state index is -0.596. The zero-order valence-corrected chi connectivity index (χ0v) is 11.5. The summed E-state index contributed by atoms with van der Waals surface area (Å²) in [6.07, 6.45) is 0. The first-order valence-corrected chi connectivity index (χ1v) is 6.57. The molecular formula is C17H16FNO. The maximum absolute atomic E-state index is 13.9. The van der Waals surface area contributed by atoms with E-state index in [1.54, 1.807) is 12.1 Å². The largest absolute Gasteiger partial charge is 0.459 e. The molecule has 0 aliphatic carbocycles. The Bertz CT molecular complexity index is 776. The Kier molecular flexibility index (Phi) is 3.07. The van der Waals surface area contributed by atoms with Crippen LogP contribution in [0, 0.1) is 19.7 Å². The van der Waals surface area contributed by atoms with Crippen molar-refractivity contribution in [1.82, 2.24) is 0 Å². The molecule has 0 aliphatic rings. The van der Waals surface area contributed by atoms with Crippen LogP contribution in [0.3, 0.4) is 0 Å². The molecule has 1 aromatic heterocycles. The fraction of sp³-hybridized carbons (Fsp3) is 0.176. The van der Waals surface area contributed by atoms with Crippen molar-refractivity contribution in [2.75, 3.05) is 0 Å². The fourth-order valence-corrected chi connectivity index (χ4v) is 2.44. The van der Waals surface area contributed by atoms with Gasteiger partial charge in [-0.05, 0) is 31.5 Å². The molecule has 1 atom stereocenters. The molecule has 20 heavy (non-hydrogen) atoms. The van der Waals surface area contributed by atoms with Crippen molar-refractivity contribution in [3.05, 3.63) is 70.7 Å². The molecule has 3 rings (SSSR count). The van der Waals surface area contributed by atoms with E-state index < -0.39 is 6.04 Å². The minimum absolute atomic E-state index is 0.305. The van der Waals surface area contributed by atoms with Gasteiger partial charge >= 0.3 is 0 Å². The summed E-state index contributed by atoms with van der Waals surface area (Å²) < 4.78 is 19.7. The summed E-state index contributed by atoms with van der Waals surface area (Å²) in [5.74, 6) is 0.277. The zero-order valence-electron chi connectivity index (χ0n) is 11.5. The molecule has 1 heterocycles. The first-order chi connectivity index (χ1) is 9.56. The van der Waals surface area contributed by atoms with Gasteiger partial charge < -0.3 is 10.2 Å². The molecule has 1 unspecified atom stereocenters. The molecule has 3 aromatic rings. The number of rotatable bonds is 2. The Morgan fingerprint density at radius 3 is 2.65 bits per heavy atom. The first kappa shape index (κ1) is 12.9. The standard InChI is InChI=1S/C17H16FNO/c1-10-6-7-14(18)13(8-10)16(19)15-9-12-5-3-4-11(2)17(12)20-15/h3-9,16H,19H2,1-2H3. The molecule has 3 heteroatoms. The molecule has 0 aliphatic heterocycles. The van der Waals surface area contributed by atoms with Gasteiger partial charge in [0.1, 0.15) is 17.2 Å². The molecule has 0 saturated carbocycles. The van der Waals surface area contributed by atoms with E-state index in [9.17, 15) is 4.39 Å². The van der Waals surface area contributed by atoms with Crippen LogP contribution >= 0.6 is 0 Å². The van der Waals surface area contributed by atoms with E-state index in [0.29, 0.717) is 11.3 Å². The van der Waals surface area contributed by atoms with Crippen molar-refractivity contribution in [1.29, 1.82) is 0 Å². The van der Waals surface area contributed by atoms with Gasteiger partial charge in [-0.15, -0.1) is 0 Å². The molecule has 0 radical (unpaired) electrons. The smallest absolute Gasteiger partial charge is 0.137 e. The van der Waals surface area contributed by atoms with E-state index in [1.165, 1.54) is 6.07 Å². The summed E-state index contributed by atoms with van der Waals surface area (Å²) in [5, 5.41) is 0.989. The lowest BCUT2D eigenvalue weighted by molar-refractivity contribution is 0.509. The SMILES string of the molecule is Cc1ccc(F)c(C(N)c2cc3cccc(C)c3o2)c1. The quantitative estimate of drug-likeness (QED) is 0.756. The van der Waals surface area contributed by atoms with Crippen LogP contribution in [0.15, 0.2) is 46.9 Å². The summed E-state index contributed by atoms with van der Waals surface area (Å²) in [6.45, 7) is 3.90. The van der Waals surface area contributed by atoms with Crippen LogP contribution in [0.25, 0.3) is 11.0 Å². The highest BCUT2D eigenvalue weighted by molar-refractivity contribution is 5.81. The van der Waals surface area contributed by atoms with E-state index in [2.05, 4.69) is 0 Å². The molecular weight excluding hydrogens is 253 g/mol. The van der Waals surface area contributed by atoms with Crippen LogP contribution in [0.1, 0.15) is 28.5 Å². The number of nitrogens with two attached hydrogens (primary N) is 1. The second kappa shape index (κ2) is 4.76. The maximum atomic E-state index is 13.9. The molecule has 0 bridgehead atoms. The van der Waals surface area contributed by atoms with Crippen molar-refractivity contribution in [3.8, 4) is 0 Å². The number of aryl methyl sites for hydroxylation is 2. The van der Waals surface area contributed by atoms with Gasteiger partial charge in [0.25, 0.3) is 0 Å². The van der Waals surface area contributed by atoms with Gasteiger partial charge in [0.2, 0.25) is 0 Å². The van der Waals surface area contributed by atoms with Gasteiger partial charge in [0, 0.05) is 10.9 Å². The fourth-order valence-electron chi connectivity index (χ4n) is 2.44. The van der Waals surface area contributed by atoms with Gasteiger partial charge in [-0.2, -0.15) is 0 Å². The van der Waals surface area contributed by atoms with Crippen LogP contribution in [-0.4, -0.2) is 0 Å². The number of para-hydroxylation sites is 1. The van der Waals surface area contributed by atoms with Crippen molar-refractivity contribution in [2.24, 2.45) is 5.73 Å². The monoisotopic (exact) mass is 269 g/mol. The molecule has 0 amide bonds. The van der Waals surface area contributed by atoms with Crippen LogP contribution in [0.5, 0.6) is 0 Å². The van der Waals surface area contributed by atoms with E-state index >= 15 is 0 Å². The third-order valence-corrected chi connectivity index (χ3v) is 3.55. The maximum Gasteiger partial charge on any atom is 0.137 e. The highest BCUT2D eigenvalue weighted by Crippen LogP contribution is 2.29. The number of halogens is 1. The summed E-state index contributed by atoms with van der Waals surface area (Å²) in [6, 6.07) is 12.1. The van der Waals surface area contributed by atoms with E-state index in [1.807, 2.05) is 38.1 Å². The lowest BCUT2D eigenvalue weighted by Crippen LogP contribution is -2.13. The molecule has 0 spiro atoms. The predicted octanol–water partition coefficient (Wildman–Crippen LogP) is 4.24. The summed E-state index contributed by atoms with van der Waals surface area (Å²) >= 11 is 0. The van der Waals surface area contributed by atoms with Gasteiger partial charge in [-0.25, -0.2) is 4.39 Å². The molecule has 0 fully saturated rings. The average molecular weight is 269 g/mol. The normalized spacial score (nSPS) is 12.8. The molecule has 102 valence electrons. The number of hydrogen-bond donors (Lipinski definition) is 1. The number of benzene rings is 2. The summed E-state index contributed by atoms with van der Waals surface area (Å²) in [5.41, 5.74) is 9.46. The van der Waals surface area contributed by atoms with Crippen LogP contribution in [-0.2, 0) is 0 Å². The highest BCUT2D eigenvalue weighted by Gasteiger charge is 2.18. The topological polar surface area (TPSA) is 39.2 Å². The number of furan rings is 1. The Morgan fingerprint density at radius 2 is 1.90 bits per heavy atom. The Balaban J connectivity index is 2.10. The predicted molar refractivity (Wildman–Crippen MR) is 78.1 cm³/mol. The van der Waals surface area contributed by atoms with Gasteiger partial charge in [-0.1, -0.05) is 35.9 Å². The van der Waals surface area contributed by atoms with Crippen LogP contribution in [0.4, 0.5) is 4.39 Å². The molecule has 2 nitrogen and oxygen atoms in total. The van der Waals surface area contributed by atoms with Gasteiger partial charge in [0.05, 0.1) is 6.04 Å². The third kappa shape index (κ3) is 2.10. The summed E-state index contributed by atoms with van der Waals surface area (Å²) in [7, 11) is 0. The average Bonchev–Trinajstić information content (AvgIpc) is 2.86. The third-order valence-electron chi connectivity index (χ3n) is 3.55. The second-order valence-electron chi connectivity index (χ2n) is 5.14. The van der Waals surface area contributed by atoms with Crippen molar-refractivity contribution in [3.63, 3.8) is 0 Å². The van der Waals surface area contributed by atoms with Crippen LogP contribution in [0.2, 0.25) is 0 Å². The minimum Gasteiger partial charge on any atom is -0.459 e. The molecule has 0 saturated heterocycles. The Labute approximate surface area is 117 Å². The van der Waals surface area contributed by atoms with Gasteiger partial charge in [0.15, 0.2) is 0 Å². The van der Waals surface area contributed by atoms with E-state index in [4.69, 9.17) is 10.2 Å². The number of fused-ring (bicyclic) bond motifs is 1. The molecule has 2 aromatic carbocycles. The number of hydrogen-bond acceptors (Lipinski definition) is 2. The van der Waals surface area contributed by atoms with E-state index in [0.717, 1.165) is 22.1 Å². The van der Waals surface area contributed by atoms with Crippen molar-refractivity contribution < 1.29 is 8.81 Å².